The molecule has 0 saturated carbocycles. The summed E-state index contributed by atoms with van der Waals surface area (Å²) in [4.78, 5) is 18.0. The number of carbonyl (C=O) groups excluding carboxylic acids is 1. The molecule has 1 aromatic heterocycles. The van der Waals surface area contributed by atoms with Crippen LogP contribution < -0.4 is 5.32 Å². The zero-order valence-electron chi connectivity index (χ0n) is 19.0. The minimum atomic E-state index is -3.51. The van der Waals surface area contributed by atoms with E-state index in [0.29, 0.717) is 42.9 Å². The minimum absolute atomic E-state index is 0.0345. The highest BCUT2D eigenvalue weighted by Gasteiger charge is 2.32. The van der Waals surface area contributed by atoms with Crippen LogP contribution in [0.3, 0.4) is 0 Å². The van der Waals surface area contributed by atoms with Gasteiger partial charge in [-0.15, -0.1) is 0 Å². The summed E-state index contributed by atoms with van der Waals surface area (Å²) < 4.78 is 27.4. The third kappa shape index (κ3) is 5.31. The van der Waals surface area contributed by atoms with Crippen molar-refractivity contribution in [2.24, 2.45) is 0 Å². The predicted octanol–water partition coefficient (Wildman–Crippen LogP) is 4.20. The first-order valence-electron chi connectivity index (χ1n) is 11.2. The quantitative estimate of drug-likeness (QED) is 0.594. The van der Waals surface area contributed by atoms with Crippen LogP contribution in [0.15, 0.2) is 71.6 Å². The number of hydrogen-bond acceptors (Lipinski definition) is 4. The Hall–Kier alpha value is -3.03. The number of hydrogen-bond donors (Lipinski definition) is 1. The van der Waals surface area contributed by atoms with Crippen LogP contribution in [0.4, 0.5) is 0 Å². The maximum atomic E-state index is 13.0. The number of pyridine rings is 1. The van der Waals surface area contributed by atoms with E-state index < -0.39 is 10.0 Å². The van der Waals surface area contributed by atoms with Crippen molar-refractivity contribution in [2.45, 2.75) is 44.0 Å². The van der Waals surface area contributed by atoms with E-state index in [4.69, 9.17) is 4.98 Å². The van der Waals surface area contributed by atoms with Crippen LogP contribution >= 0.6 is 0 Å². The molecule has 0 bridgehead atoms. The van der Waals surface area contributed by atoms with Gasteiger partial charge in [0.05, 0.1) is 16.2 Å². The molecule has 0 unspecified atom stereocenters. The summed E-state index contributed by atoms with van der Waals surface area (Å²) in [6.07, 6.45) is 1.25. The third-order valence-corrected chi connectivity index (χ3v) is 8.02. The maximum absolute atomic E-state index is 13.0. The average Bonchev–Trinajstić information content (AvgIpc) is 2.84. The van der Waals surface area contributed by atoms with Gasteiger partial charge in [0.25, 0.3) is 5.91 Å². The molecule has 0 spiro atoms. The van der Waals surface area contributed by atoms with E-state index in [1.165, 1.54) is 9.87 Å². The third-order valence-electron chi connectivity index (χ3n) is 6.10. The van der Waals surface area contributed by atoms with Gasteiger partial charge in [-0.3, -0.25) is 9.78 Å². The van der Waals surface area contributed by atoms with E-state index >= 15 is 0 Å². The standard InChI is InChI=1S/C26H29N3O3S/c1-19-8-11-21(12-9-19)18-27-26(30)24-13-10-20(2)28-25(24)22-14-16-29(17-15-22)33(31,32)23-6-4-3-5-7-23/h3-13,22H,14-18H2,1-2H3,(H,27,30). The molecule has 1 aliphatic heterocycles. The van der Waals surface area contributed by atoms with Gasteiger partial charge in [-0.25, -0.2) is 8.42 Å². The van der Waals surface area contributed by atoms with Gasteiger partial charge in [-0.1, -0.05) is 48.0 Å². The molecule has 1 saturated heterocycles. The lowest BCUT2D eigenvalue weighted by Gasteiger charge is -2.31. The fourth-order valence-corrected chi connectivity index (χ4v) is 5.67. The lowest BCUT2D eigenvalue weighted by atomic mass is 9.90. The Morgan fingerprint density at radius 1 is 0.970 bits per heavy atom. The van der Waals surface area contributed by atoms with Crippen LogP contribution in [-0.2, 0) is 16.6 Å². The van der Waals surface area contributed by atoms with Crippen molar-refractivity contribution in [1.29, 1.82) is 0 Å². The molecule has 0 aliphatic carbocycles. The Labute approximate surface area is 195 Å². The van der Waals surface area contributed by atoms with Crippen LogP contribution in [-0.4, -0.2) is 36.7 Å². The molecule has 0 atom stereocenters. The second-order valence-corrected chi connectivity index (χ2v) is 10.5. The Morgan fingerprint density at radius 2 is 1.64 bits per heavy atom. The topological polar surface area (TPSA) is 79.4 Å². The van der Waals surface area contributed by atoms with Gasteiger partial charge in [0.2, 0.25) is 10.0 Å². The Balaban J connectivity index is 1.47. The maximum Gasteiger partial charge on any atom is 0.253 e. The van der Waals surface area contributed by atoms with E-state index in [1.807, 2.05) is 50.2 Å². The van der Waals surface area contributed by atoms with E-state index in [-0.39, 0.29) is 11.8 Å². The zero-order chi connectivity index (χ0) is 23.4. The Bertz CT molecular complexity index is 1220. The fraction of sp³-hybridized carbons (Fsp3) is 0.308. The molecule has 6 nitrogen and oxygen atoms in total. The zero-order valence-corrected chi connectivity index (χ0v) is 19.8. The number of aryl methyl sites for hydroxylation is 2. The highest BCUT2D eigenvalue weighted by molar-refractivity contribution is 7.89. The van der Waals surface area contributed by atoms with Crippen molar-refractivity contribution in [2.75, 3.05) is 13.1 Å². The number of benzene rings is 2. The van der Waals surface area contributed by atoms with E-state index in [2.05, 4.69) is 5.32 Å². The van der Waals surface area contributed by atoms with Crippen LogP contribution in [0.5, 0.6) is 0 Å². The molecule has 1 N–H and O–H groups in total. The molecule has 33 heavy (non-hydrogen) atoms. The van der Waals surface area contributed by atoms with Crippen molar-refractivity contribution in [3.8, 4) is 0 Å². The number of sulfonamides is 1. The summed E-state index contributed by atoms with van der Waals surface area (Å²) in [6.45, 7) is 5.19. The number of nitrogens with zero attached hydrogens (tertiary/aromatic N) is 2. The number of piperidine rings is 1. The van der Waals surface area contributed by atoms with Gasteiger partial charge in [0.15, 0.2) is 0 Å². The lowest BCUT2D eigenvalue weighted by Crippen LogP contribution is -2.38. The van der Waals surface area contributed by atoms with Crippen LogP contribution in [0.25, 0.3) is 0 Å². The van der Waals surface area contributed by atoms with Gasteiger partial charge in [0, 0.05) is 31.2 Å². The number of amides is 1. The highest BCUT2D eigenvalue weighted by Crippen LogP contribution is 2.32. The summed E-state index contributed by atoms with van der Waals surface area (Å²) in [5.41, 5.74) is 4.38. The van der Waals surface area contributed by atoms with Crippen molar-refractivity contribution in [1.82, 2.24) is 14.6 Å². The molecular weight excluding hydrogens is 434 g/mol. The van der Waals surface area contributed by atoms with Crippen molar-refractivity contribution < 1.29 is 13.2 Å². The van der Waals surface area contributed by atoms with Crippen molar-refractivity contribution in [3.63, 3.8) is 0 Å². The minimum Gasteiger partial charge on any atom is -0.348 e. The molecule has 172 valence electrons. The molecule has 0 radical (unpaired) electrons. The first-order chi connectivity index (χ1) is 15.8. The summed E-state index contributed by atoms with van der Waals surface area (Å²) in [7, 11) is -3.51. The normalized spacial score (nSPS) is 15.3. The van der Waals surface area contributed by atoms with E-state index in [9.17, 15) is 13.2 Å². The SMILES string of the molecule is Cc1ccc(CNC(=O)c2ccc(C)nc2C2CCN(S(=O)(=O)c3ccccc3)CC2)cc1. The first kappa shape index (κ1) is 23.1. The number of rotatable bonds is 6. The molecule has 1 aliphatic rings. The average molecular weight is 464 g/mol. The van der Waals surface area contributed by atoms with Gasteiger partial charge in [-0.2, -0.15) is 4.31 Å². The second kappa shape index (κ2) is 9.85. The molecule has 1 amide bonds. The molecule has 2 heterocycles. The first-order valence-corrected chi connectivity index (χ1v) is 12.6. The summed E-state index contributed by atoms with van der Waals surface area (Å²) in [5, 5.41) is 3.00. The van der Waals surface area contributed by atoms with E-state index in [0.717, 1.165) is 17.0 Å². The largest absolute Gasteiger partial charge is 0.348 e. The summed E-state index contributed by atoms with van der Waals surface area (Å²) in [5.74, 6) is -0.121. The molecule has 1 fully saturated rings. The monoisotopic (exact) mass is 463 g/mol. The number of carbonyl (C=O) groups is 1. The Kier molecular flexibility index (Phi) is 6.91. The number of aromatic nitrogens is 1. The highest BCUT2D eigenvalue weighted by atomic mass is 32.2. The van der Waals surface area contributed by atoms with Crippen molar-refractivity contribution in [3.05, 3.63) is 94.8 Å². The van der Waals surface area contributed by atoms with Gasteiger partial charge in [-0.05, 0) is 56.5 Å². The second-order valence-electron chi connectivity index (χ2n) is 8.55. The predicted molar refractivity (Wildman–Crippen MR) is 128 cm³/mol. The summed E-state index contributed by atoms with van der Waals surface area (Å²) >= 11 is 0. The fourth-order valence-electron chi connectivity index (χ4n) is 4.17. The summed E-state index contributed by atoms with van der Waals surface area (Å²) in [6, 6.07) is 20.3. The molecule has 7 heteroatoms. The lowest BCUT2D eigenvalue weighted by molar-refractivity contribution is 0.0948. The van der Waals surface area contributed by atoms with E-state index in [1.54, 1.807) is 30.3 Å². The van der Waals surface area contributed by atoms with Crippen LogP contribution in [0, 0.1) is 13.8 Å². The smallest absolute Gasteiger partial charge is 0.253 e. The Morgan fingerprint density at radius 3 is 2.30 bits per heavy atom. The van der Waals surface area contributed by atoms with Gasteiger partial charge in [0.1, 0.15) is 0 Å². The molecule has 2 aromatic carbocycles. The molecule has 3 aromatic rings. The van der Waals surface area contributed by atoms with Gasteiger partial charge >= 0.3 is 0 Å². The van der Waals surface area contributed by atoms with Gasteiger partial charge < -0.3 is 5.32 Å². The van der Waals surface area contributed by atoms with Crippen molar-refractivity contribution >= 4 is 15.9 Å². The van der Waals surface area contributed by atoms with Crippen LogP contribution in [0.1, 0.15) is 51.6 Å². The molecular formula is C26H29N3O3S. The number of nitrogens with one attached hydrogen (secondary N) is 1. The molecule has 4 rings (SSSR count). The van der Waals surface area contributed by atoms with Crippen LogP contribution in [0.2, 0.25) is 0 Å².